The van der Waals surface area contributed by atoms with Crippen molar-refractivity contribution in [3.63, 3.8) is 0 Å². The summed E-state index contributed by atoms with van der Waals surface area (Å²) in [5, 5.41) is 6.11. The molecule has 0 bridgehead atoms. The zero-order valence-electron chi connectivity index (χ0n) is 9.55. The first-order valence-electron chi connectivity index (χ1n) is 5.88. The van der Waals surface area contributed by atoms with E-state index in [2.05, 4.69) is 10.6 Å². The van der Waals surface area contributed by atoms with Crippen LogP contribution in [0.2, 0.25) is 0 Å². The second-order valence-electron chi connectivity index (χ2n) is 3.96. The Labute approximate surface area is 91.8 Å². The molecular weight excluding hydrogens is 192 g/mol. The fraction of sp³-hybridized carbons (Fsp3) is 0.909. The van der Waals surface area contributed by atoms with Gasteiger partial charge in [-0.2, -0.15) is 0 Å². The third-order valence-electron chi connectivity index (χ3n) is 2.71. The van der Waals surface area contributed by atoms with Crippen LogP contribution in [0.5, 0.6) is 0 Å². The molecule has 1 heterocycles. The lowest BCUT2D eigenvalue weighted by atomic mass is 10.0. The van der Waals surface area contributed by atoms with E-state index in [0.29, 0.717) is 12.3 Å². The normalized spacial score (nSPS) is 17.7. The minimum Gasteiger partial charge on any atom is -0.381 e. The van der Waals surface area contributed by atoms with Crippen LogP contribution in [0, 0.1) is 5.92 Å². The summed E-state index contributed by atoms with van der Waals surface area (Å²) in [7, 11) is 0. The summed E-state index contributed by atoms with van der Waals surface area (Å²) in [6.07, 6.45) is 2.73. The number of hydrogen-bond donors (Lipinski definition) is 2. The molecule has 0 radical (unpaired) electrons. The summed E-state index contributed by atoms with van der Waals surface area (Å²) in [5.41, 5.74) is 0. The molecule has 1 saturated heterocycles. The van der Waals surface area contributed by atoms with Crippen molar-refractivity contribution in [2.45, 2.75) is 26.2 Å². The molecular formula is C11H22N2O2. The number of ether oxygens (including phenoxy) is 1. The third kappa shape index (κ3) is 5.74. The number of carbonyl (C=O) groups is 1. The molecule has 0 aromatic carbocycles. The molecule has 1 fully saturated rings. The summed E-state index contributed by atoms with van der Waals surface area (Å²) in [5.74, 6) is 0.768. The lowest BCUT2D eigenvalue weighted by Crippen LogP contribution is -2.33. The van der Waals surface area contributed by atoms with Crippen LogP contribution in [0.25, 0.3) is 0 Å². The number of amides is 1. The van der Waals surface area contributed by atoms with Gasteiger partial charge in [0.15, 0.2) is 0 Å². The molecule has 15 heavy (non-hydrogen) atoms. The molecule has 0 aromatic rings. The highest BCUT2D eigenvalue weighted by atomic mass is 16.5. The van der Waals surface area contributed by atoms with Gasteiger partial charge in [0, 0.05) is 32.7 Å². The van der Waals surface area contributed by atoms with Crippen LogP contribution in [0.15, 0.2) is 0 Å². The Bertz CT molecular complexity index is 179. The molecule has 0 unspecified atom stereocenters. The van der Waals surface area contributed by atoms with Crippen LogP contribution in [0.1, 0.15) is 26.2 Å². The zero-order valence-corrected chi connectivity index (χ0v) is 9.55. The minimum absolute atomic E-state index is 0.155. The topological polar surface area (TPSA) is 50.4 Å². The van der Waals surface area contributed by atoms with E-state index in [4.69, 9.17) is 4.74 Å². The van der Waals surface area contributed by atoms with Crippen LogP contribution in [-0.4, -0.2) is 38.8 Å². The van der Waals surface area contributed by atoms with Crippen LogP contribution < -0.4 is 10.6 Å². The Kier molecular flexibility index (Phi) is 6.36. The first-order valence-corrected chi connectivity index (χ1v) is 5.88. The molecule has 1 aliphatic heterocycles. The molecule has 4 nitrogen and oxygen atoms in total. The number of rotatable bonds is 6. The largest absolute Gasteiger partial charge is 0.381 e. The van der Waals surface area contributed by atoms with Crippen molar-refractivity contribution in [2.24, 2.45) is 5.92 Å². The molecule has 1 rings (SSSR count). The Morgan fingerprint density at radius 2 is 2.13 bits per heavy atom. The average molecular weight is 214 g/mol. The van der Waals surface area contributed by atoms with E-state index in [-0.39, 0.29) is 5.91 Å². The fourth-order valence-corrected chi connectivity index (χ4v) is 1.68. The molecule has 0 spiro atoms. The molecule has 0 saturated carbocycles. The van der Waals surface area contributed by atoms with Crippen molar-refractivity contribution in [1.29, 1.82) is 0 Å². The van der Waals surface area contributed by atoms with Crippen molar-refractivity contribution in [2.75, 3.05) is 32.8 Å². The Hall–Kier alpha value is -0.610. The summed E-state index contributed by atoms with van der Waals surface area (Å²) < 4.78 is 5.26. The predicted molar refractivity (Wildman–Crippen MR) is 59.7 cm³/mol. The second-order valence-corrected chi connectivity index (χ2v) is 3.96. The van der Waals surface area contributed by atoms with E-state index in [1.54, 1.807) is 0 Å². The van der Waals surface area contributed by atoms with Gasteiger partial charge in [0.2, 0.25) is 5.91 Å². The van der Waals surface area contributed by atoms with E-state index >= 15 is 0 Å². The van der Waals surface area contributed by atoms with Crippen LogP contribution in [0.4, 0.5) is 0 Å². The fourth-order valence-electron chi connectivity index (χ4n) is 1.68. The summed E-state index contributed by atoms with van der Waals surface area (Å²) >= 11 is 0. The SMILES string of the molecule is CCNCCC(=O)NCC1CCOCC1. The smallest absolute Gasteiger partial charge is 0.221 e. The van der Waals surface area contributed by atoms with E-state index in [0.717, 1.165) is 45.7 Å². The molecule has 1 amide bonds. The van der Waals surface area contributed by atoms with Crippen LogP contribution in [0.3, 0.4) is 0 Å². The molecule has 4 heteroatoms. The molecule has 0 aliphatic carbocycles. The van der Waals surface area contributed by atoms with E-state index in [9.17, 15) is 4.79 Å². The standard InChI is InChI=1S/C11H22N2O2/c1-2-12-6-3-11(14)13-9-10-4-7-15-8-5-10/h10,12H,2-9H2,1H3,(H,13,14). The van der Waals surface area contributed by atoms with Gasteiger partial charge in [0.1, 0.15) is 0 Å². The van der Waals surface area contributed by atoms with Gasteiger partial charge in [-0.1, -0.05) is 6.92 Å². The molecule has 0 atom stereocenters. The van der Waals surface area contributed by atoms with E-state index in [1.165, 1.54) is 0 Å². The van der Waals surface area contributed by atoms with Gasteiger partial charge in [-0.25, -0.2) is 0 Å². The Balaban J connectivity index is 2.00. The molecule has 88 valence electrons. The highest BCUT2D eigenvalue weighted by Crippen LogP contribution is 2.12. The minimum atomic E-state index is 0.155. The van der Waals surface area contributed by atoms with Crippen molar-refractivity contribution < 1.29 is 9.53 Å². The van der Waals surface area contributed by atoms with Crippen LogP contribution in [-0.2, 0) is 9.53 Å². The second kappa shape index (κ2) is 7.65. The molecule has 1 aliphatic rings. The first kappa shape index (κ1) is 12.5. The highest BCUT2D eigenvalue weighted by Gasteiger charge is 2.14. The van der Waals surface area contributed by atoms with Gasteiger partial charge < -0.3 is 15.4 Å². The van der Waals surface area contributed by atoms with E-state index < -0.39 is 0 Å². The van der Waals surface area contributed by atoms with Crippen molar-refractivity contribution in [3.8, 4) is 0 Å². The average Bonchev–Trinajstić information content (AvgIpc) is 2.28. The number of hydrogen-bond acceptors (Lipinski definition) is 3. The molecule has 2 N–H and O–H groups in total. The number of carbonyl (C=O) groups excluding carboxylic acids is 1. The summed E-state index contributed by atoms with van der Waals surface area (Å²) in [6.45, 7) is 6.24. The third-order valence-corrected chi connectivity index (χ3v) is 2.71. The van der Waals surface area contributed by atoms with Gasteiger partial charge in [0.05, 0.1) is 0 Å². The first-order chi connectivity index (χ1) is 7.33. The lowest BCUT2D eigenvalue weighted by Gasteiger charge is -2.22. The maximum absolute atomic E-state index is 11.4. The lowest BCUT2D eigenvalue weighted by molar-refractivity contribution is -0.121. The maximum atomic E-state index is 11.4. The van der Waals surface area contributed by atoms with Crippen molar-refractivity contribution >= 4 is 5.91 Å². The maximum Gasteiger partial charge on any atom is 0.221 e. The van der Waals surface area contributed by atoms with Gasteiger partial charge in [-0.15, -0.1) is 0 Å². The van der Waals surface area contributed by atoms with Crippen molar-refractivity contribution in [1.82, 2.24) is 10.6 Å². The predicted octanol–water partition coefficient (Wildman–Crippen LogP) is 0.529. The van der Waals surface area contributed by atoms with E-state index in [1.807, 2.05) is 6.92 Å². The van der Waals surface area contributed by atoms with Gasteiger partial charge in [0.25, 0.3) is 0 Å². The Morgan fingerprint density at radius 3 is 2.80 bits per heavy atom. The Morgan fingerprint density at radius 1 is 1.40 bits per heavy atom. The quantitative estimate of drug-likeness (QED) is 0.634. The zero-order chi connectivity index (χ0) is 10.9. The van der Waals surface area contributed by atoms with Crippen LogP contribution >= 0.6 is 0 Å². The van der Waals surface area contributed by atoms with Crippen molar-refractivity contribution in [3.05, 3.63) is 0 Å². The monoisotopic (exact) mass is 214 g/mol. The van der Waals surface area contributed by atoms with Gasteiger partial charge in [-0.3, -0.25) is 4.79 Å². The summed E-state index contributed by atoms with van der Waals surface area (Å²) in [4.78, 5) is 11.4. The van der Waals surface area contributed by atoms with Gasteiger partial charge in [-0.05, 0) is 25.3 Å². The summed E-state index contributed by atoms with van der Waals surface area (Å²) in [6, 6.07) is 0. The van der Waals surface area contributed by atoms with Gasteiger partial charge >= 0.3 is 0 Å². The highest BCUT2D eigenvalue weighted by molar-refractivity contribution is 5.76. The molecule has 0 aromatic heterocycles. The number of nitrogens with one attached hydrogen (secondary N) is 2.